The van der Waals surface area contributed by atoms with Crippen molar-refractivity contribution in [3.63, 3.8) is 0 Å². The van der Waals surface area contributed by atoms with Crippen LogP contribution >= 0.6 is 12.6 Å². The molecular weight excluding hydrogens is 226 g/mol. The molecule has 4 nitrogen and oxygen atoms in total. The van der Waals surface area contributed by atoms with Crippen molar-refractivity contribution in [1.29, 1.82) is 0 Å². The minimum absolute atomic E-state index is 0.165. The Morgan fingerprint density at radius 3 is 2.44 bits per heavy atom. The van der Waals surface area contributed by atoms with Gasteiger partial charge in [-0.2, -0.15) is 12.6 Å². The average Bonchev–Trinajstić information content (AvgIpc) is 2.14. The lowest BCUT2D eigenvalue weighted by Gasteiger charge is -2.28. The van der Waals surface area contributed by atoms with Gasteiger partial charge in [-0.15, -0.1) is 0 Å². The number of aliphatic hydroxyl groups excluding tert-OH is 1. The maximum atomic E-state index is 11.6. The van der Waals surface area contributed by atoms with E-state index in [9.17, 15) is 4.79 Å². The van der Waals surface area contributed by atoms with Crippen molar-refractivity contribution in [3.05, 3.63) is 0 Å². The highest BCUT2D eigenvalue weighted by Gasteiger charge is 2.22. The van der Waals surface area contributed by atoms with Gasteiger partial charge < -0.3 is 9.84 Å². The van der Waals surface area contributed by atoms with Crippen LogP contribution in [0.5, 0.6) is 0 Å². The first-order valence-electron chi connectivity index (χ1n) is 5.52. The number of hydrogen-bond donors (Lipinski definition) is 2. The summed E-state index contributed by atoms with van der Waals surface area (Å²) in [4.78, 5) is 13.1. The van der Waals surface area contributed by atoms with Crippen LogP contribution in [-0.2, 0) is 4.74 Å². The van der Waals surface area contributed by atoms with Gasteiger partial charge in [-0.3, -0.25) is 4.90 Å². The summed E-state index contributed by atoms with van der Waals surface area (Å²) in [7, 11) is 1.67. The molecule has 1 atom stereocenters. The van der Waals surface area contributed by atoms with Crippen LogP contribution in [0.25, 0.3) is 0 Å². The van der Waals surface area contributed by atoms with Gasteiger partial charge in [0.05, 0.1) is 5.37 Å². The number of amides is 1. The van der Waals surface area contributed by atoms with Crippen molar-refractivity contribution in [1.82, 2.24) is 4.90 Å². The first kappa shape index (κ1) is 15.6. The predicted octanol–water partition coefficient (Wildman–Crippen LogP) is 2.27. The summed E-state index contributed by atoms with van der Waals surface area (Å²) in [5, 5.41) is 8.48. The Bertz CT molecular complexity index is 216. The molecule has 1 amide bonds. The van der Waals surface area contributed by atoms with Crippen LogP contribution < -0.4 is 0 Å². The van der Waals surface area contributed by atoms with Crippen LogP contribution in [0.3, 0.4) is 0 Å². The third-order valence-electron chi connectivity index (χ3n) is 2.00. The molecule has 0 saturated carbocycles. The summed E-state index contributed by atoms with van der Waals surface area (Å²) >= 11 is 4.33. The monoisotopic (exact) mass is 249 g/mol. The third kappa shape index (κ3) is 6.95. The SMILES string of the molecule is CN(C(=O)OC(C)(C)C)C(S)CCCCO. The van der Waals surface area contributed by atoms with Crippen molar-refractivity contribution >= 4 is 18.7 Å². The first-order chi connectivity index (χ1) is 7.28. The van der Waals surface area contributed by atoms with Crippen molar-refractivity contribution in [2.24, 2.45) is 0 Å². The number of unbranched alkanes of at least 4 members (excludes halogenated alkanes) is 1. The smallest absolute Gasteiger partial charge is 0.410 e. The molecule has 0 aromatic heterocycles. The van der Waals surface area contributed by atoms with Gasteiger partial charge in [0.2, 0.25) is 0 Å². The predicted molar refractivity (Wildman–Crippen MR) is 67.7 cm³/mol. The molecule has 0 fully saturated rings. The lowest BCUT2D eigenvalue weighted by molar-refractivity contribution is 0.0276. The molecule has 0 heterocycles. The van der Waals surface area contributed by atoms with Crippen LogP contribution in [0.4, 0.5) is 4.79 Å². The summed E-state index contributed by atoms with van der Waals surface area (Å²) in [5.74, 6) is 0. The Labute approximate surface area is 103 Å². The standard InChI is InChI=1S/C11H23NO3S/c1-11(2,3)15-10(14)12(4)9(16)7-5-6-8-13/h9,13,16H,5-8H2,1-4H3. The Kier molecular flexibility index (Phi) is 6.83. The molecule has 0 aliphatic carbocycles. The minimum Gasteiger partial charge on any atom is -0.444 e. The van der Waals surface area contributed by atoms with Gasteiger partial charge in [0.25, 0.3) is 0 Å². The molecule has 0 aliphatic heterocycles. The molecular formula is C11H23NO3S. The molecule has 16 heavy (non-hydrogen) atoms. The molecule has 96 valence electrons. The van der Waals surface area contributed by atoms with Crippen LogP contribution in [-0.4, -0.2) is 40.7 Å². The van der Waals surface area contributed by atoms with E-state index in [1.54, 1.807) is 7.05 Å². The quantitative estimate of drug-likeness (QED) is 0.446. The number of carbonyl (C=O) groups excluding carboxylic acids is 1. The summed E-state index contributed by atoms with van der Waals surface area (Å²) in [5.41, 5.74) is -0.482. The number of rotatable bonds is 5. The molecule has 0 radical (unpaired) electrons. The van der Waals surface area contributed by atoms with Crippen LogP contribution in [0.1, 0.15) is 40.0 Å². The highest BCUT2D eigenvalue weighted by molar-refractivity contribution is 7.80. The summed E-state index contributed by atoms with van der Waals surface area (Å²) in [6, 6.07) is 0. The molecule has 0 spiro atoms. The van der Waals surface area contributed by atoms with E-state index in [2.05, 4.69) is 12.6 Å². The summed E-state index contributed by atoms with van der Waals surface area (Å²) in [6.07, 6.45) is 1.97. The van der Waals surface area contributed by atoms with Crippen LogP contribution in [0.15, 0.2) is 0 Å². The zero-order valence-corrected chi connectivity index (χ0v) is 11.5. The van der Waals surface area contributed by atoms with Gasteiger partial charge in [-0.25, -0.2) is 4.79 Å². The van der Waals surface area contributed by atoms with Crippen molar-refractivity contribution in [2.75, 3.05) is 13.7 Å². The largest absolute Gasteiger partial charge is 0.444 e. The molecule has 1 N–H and O–H groups in total. The fourth-order valence-electron chi connectivity index (χ4n) is 1.09. The van der Waals surface area contributed by atoms with E-state index in [1.807, 2.05) is 20.8 Å². The summed E-state index contributed by atoms with van der Waals surface area (Å²) < 4.78 is 5.22. The van der Waals surface area contributed by atoms with E-state index in [4.69, 9.17) is 9.84 Å². The Hall–Kier alpha value is -0.420. The molecule has 0 saturated heterocycles. The van der Waals surface area contributed by atoms with Crippen LogP contribution in [0, 0.1) is 0 Å². The van der Waals surface area contributed by atoms with Gasteiger partial charge >= 0.3 is 6.09 Å². The van der Waals surface area contributed by atoms with E-state index in [1.165, 1.54) is 4.90 Å². The zero-order valence-electron chi connectivity index (χ0n) is 10.6. The molecule has 5 heteroatoms. The van der Waals surface area contributed by atoms with E-state index >= 15 is 0 Å². The number of ether oxygens (including phenoxy) is 1. The van der Waals surface area contributed by atoms with E-state index in [-0.39, 0.29) is 18.1 Å². The fourth-order valence-corrected chi connectivity index (χ4v) is 1.36. The normalized spacial score (nSPS) is 13.4. The number of carbonyl (C=O) groups is 1. The van der Waals surface area contributed by atoms with Gasteiger partial charge in [0.1, 0.15) is 5.60 Å². The lowest BCUT2D eigenvalue weighted by Crippen LogP contribution is -2.38. The number of nitrogens with zero attached hydrogens (tertiary/aromatic N) is 1. The Morgan fingerprint density at radius 1 is 1.44 bits per heavy atom. The molecule has 1 unspecified atom stereocenters. The maximum Gasteiger partial charge on any atom is 0.410 e. The lowest BCUT2D eigenvalue weighted by atomic mass is 10.2. The molecule has 0 aliphatic rings. The second-order valence-electron chi connectivity index (χ2n) is 4.79. The fraction of sp³-hybridized carbons (Fsp3) is 0.909. The number of hydrogen-bond acceptors (Lipinski definition) is 4. The first-order valence-corrected chi connectivity index (χ1v) is 6.04. The van der Waals surface area contributed by atoms with Crippen LogP contribution in [0.2, 0.25) is 0 Å². The molecule has 0 aromatic carbocycles. The van der Waals surface area contributed by atoms with Gasteiger partial charge in [-0.1, -0.05) is 0 Å². The van der Waals surface area contributed by atoms with E-state index < -0.39 is 5.60 Å². The van der Waals surface area contributed by atoms with E-state index in [0.29, 0.717) is 0 Å². The maximum absolute atomic E-state index is 11.6. The Morgan fingerprint density at radius 2 is 2.00 bits per heavy atom. The number of aliphatic hydroxyl groups is 1. The third-order valence-corrected chi connectivity index (χ3v) is 2.60. The van der Waals surface area contributed by atoms with Gasteiger partial charge in [0.15, 0.2) is 0 Å². The van der Waals surface area contributed by atoms with Crippen molar-refractivity contribution in [3.8, 4) is 0 Å². The highest BCUT2D eigenvalue weighted by Crippen LogP contribution is 2.15. The second-order valence-corrected chi connectivity index (χ2v) is 5.39. The van der Waals surface area contributed by atoms with Gasteiger partial charge in [-0.05, 0) is 40.0 Å². The van der Waals surface area contributed by atoms with Crippen molar-refractivity contribution < 1.29 is 14.6 Å². The topological polar surface area (TPSA) is 49.8 Å². The Balaban J connectivity index is 4.01. The highest BCUT2D eigenvalue weighted by atomic mass is 32.1. The molecule has 0 bridgehead atoms. The van der Waals surface area contributed by atoms with E-state index in [0.717, 1.165) is 19.3 Å². The molecule has 0 aromatic rings. The van der Waals surface area contributed by atoms with Crippen molar-refractivity contribution in [2.45, 2.75) is 51.0 Å². The molecule has 0 rings (SSSR count). The average molecular weight is 249 g/mol. The number of thiol groups is 1. The van der Waals surface area contributed by atoms with Gasteiger partial charge in [0, 0.05) is 13.7 Å². The minimum atomic E-state index is -0.482. The second kappa shape index (κ2) is 7.01. The zero-order chi connectivity index (χ0) is 12.8. The summed E-state index contributed by atoms with van der Waals surface area (Å²) in [6.45, 7) is 5.67.